The molecule has 1 aromatic heterocycles. The van der Waals surface area contributed by atoms with Gasteiger partial charge in [0.25, 0.3) is 0 Å². The van der Waals surface area contributed by atoms with Crippen LogP contribution < -0.4 is 5.73 Å². The minimum Gasteiger partial charge on any atom is -0.375 e. The molecule has 0 aliphatic heterocycles. The van der Waals surface area contributed by atoms with Gasteiger partial charge in [-0.25, -0.2) is 4.98 Å². The first-order valence-electron chi connectivity index (χ1n) is 5.72. The summed E-state index contributed by atoms with van der Waals surface area (Å²) in [6.45, 7) is 8.66. The van der Waals surface area contributed by atoms with Crippen LogP contribution in [0.3, 0.4) is 0 Å². The van der Waals surface area contributed by atoms with Gasteiger partial charge in [0.15, 0.2) is 5.13 Å². The first-order chi connectivity index (χ1) is 7.88. The standard InChI is InChI=1S/C14H18N2S/c1-9-12(17-13(15)16-9)10-5-7-11(8-6-10)14(2,3)4/h5-8H,1-4H3,(H2,15,16). The Morgan fingerprint density at radius 1 is 1.12 bits per heavy atom. The van der Waals surface area contributed by atoms with Gasteiger partial charge in [-0.2, -0.15) is 0 Å². The lowest BCUT2D eigenvalue weighted by molar-refractivity contribution is 0.590. The highest BCUT2D eigenvalue weighted by molar-refractivity contribution is 7.18. The lowest BCUT2D eigenvalue weighted by atomic mass is 9.86. The van der Waals surface area contributed by atoms with Crippen molar-refractivity contribution in [3.8, 4) is 10.4 Å². The lowest BCUT2D eigenvalue weighted by Crippen LogP contribution is -2.10. The van der Waals surface area contributed by atoms with E-state index < -0.39 is 0 Å². The van der Waals surface area contributed by atoms with Gasteiger partial charge in [0.05, 0.1) is 10.6 Å². The number of aromatic nitrogens is 1. The maximum absolute atomic E-state index is 5.72. The summed E-state index contributed by atoms with van der Waals surface area (Å²) in [5.74, 6) is 0. The number of nitrogens with two attached hydrogens (primary N) is 1. The molecule has 0 aliphatic rings. The van der Waals surface area contributed by atoms with Crippen LogP contribution in [0.15, 0.2) is 24.3 Å². The number of benzene rings is 1. The average Bonchev–Trinajstić information content (AvgIpc) is 2.57. The fourth-order valence-electron chi connectivity index (χ4n) is 1.81. The van der Waals surface area contributed by atoms with Crippen LogP contribution in [-0.4, -0.2) is 4.98 Å². The summed E-state index contributed by atoms with van der Waals surface area (Å²) in [5, 5.41) is 0.636. The summed E-state index contributed by atoms with van der Waals surface area (Å²) in [5.41, 5.74) is 9.47. The van der Waals surface area contributed by atoms with Crippen molar-refractivity contribution in [3.63, 3.8) is 0 Å². The van der Waals surface area contributed by atoms with Gasteiger partial charge in [0, 0.05) is 0 Å². The van der Waals surface area contributed by atoms with Gasteiger partial charge in [-0.15, -0.1) is 0 Å². The van der Waals surface area contributed by atoms with Gasteiger partial charge < -0.3 is 5.73 Å². The summed E-state index contributed by atoms with van der Waals surface area (Å²) in [6, 6.07) is 8.68. The SMILES string of the molecule is Cc1nc(N)sc1-c1ccc(C(C)(C)C)cc1. The number of rotatable bonds is 1. The Hall–Kier alpha value is -1.35. The van der Waals surface area contributed by atoms with E-state index in [1.165, 1.54) is 16.0 Å². The number of nitrogen functional groups attached to an aromatic ring is 1. The van der Waals surface area contributed by atoms with E-state index in [1.54, 1.807) is 11.3 Å². The van der Waals surface area contributed by atoms with Gasteiger partial charge in [-0.1, -0.05) is 56.4 Å². The zero-order valence-corrected chi connectivity index (χ0v) is 11.6. The normalized spacial score (nSPS) is 11.8. The molecule has 1 aromatic carbocycles. The molecule has 2 aromatic rings. The van der Waals surface area contributed by atoms with Gasteiger partial charge in [0.1, 0.15) is 0 Å². The monoisotopic (exact) mass is 246 g/mol. The van der Waals surface area contributed by atoms with Crippen LogP contribution in [0, 0.1) is 6.92 Å². The van der Waals surface area contributed by atoms with Crippen molar-refractivity contribution in [1.82, 2.24) is 4.98 Å². The Morgan fingerprint density at radius 2 is 1.71 bits per heavy atom. The molecule has 0 amide bonds. The maximum Gasteiger partial charge on any atom is 0.180 e. The van der Waals surface area contributed by atoms with Crippen LogP contribution in [0.5, 0.6) is 0 Å². The number of hydrogen-bond donors (Lipinski definition) is 1. The van der Waals surface area contributed by atoms with E-state index in [-0.39, 0.29) is 5.41 Å². The van der Waals surface area contributed by atoms with Crippen LogP contribution in [0.2, 0.25) is 0 Å². The third-order valence-corrected chi connectivity index (χ3v) is 3.86. The van der Waals surface area contributed by atoms with Crippen LogP contribution >= 0.6 is 11.3 Å². The van der Waals surface area contributed by atoms with Crippen molar-refractivity contribution >= 4 is 16.5 Å². The molecular weight excluding hydrogens is 228 g/mol. The molecule has 0 fully saturated rings. The molecule has 2 nitrogen and oxygen atoms in total. The van der Waals surface area contributed by atoms with Gasteiger partial charge >= 0.3 is 0 Å². The smallest absolute Gasteiger partial charge is 0.180 e. The quantitative estimate of drug-likeness (QED) is 0.826. The highest BCUT2D eigenvalue weighted by Crippen LogP contribution is 2.32. The second-order valence-corrected chi connectivity index (χ2v) is 6.32. The van der Waals surface area contributed by atoms with Crippen LogP contribution in [-0.2, 0) is 5.41 Å². The third kappa shape index (κ3) is 2.50. The zero-order chi connectivity index (χ0) is 12.6. The van der Waals surface area contributed by atoms with E-state index in [0.29, 0.717) is 5.13 Å². The molecule has 0 spiro atoms. The molecule has 0 bridgehead atoms. The number of anilines is 1. The van der Waals surface area contributed by atoms with Crippen molar-refractivity contribution in [3.05, 3.63) is 35.5 Å². The Bertz CT molecular complexity index is 518. The van der Waals surface area contributed by atoms with Gasteiger partial charge in [-0.3, -0.25) is 0 Å². The molecule has 0 saturated heterocycles. The second-order valence-electron chi connectivity index (χ2n) is 5.29. The molecule has 0 aliphatic carbocycles. The second kappa shape index (κ2) is 4.15. The van der Waals surface area contributed by atoms with Crippen molar-refractivity contribution in [1.29, 1.82) is 0 Å². The molecule has 0 radical (unpaired) electrons. The number of thiazole rings is 1. The van der Waals surface area contributed by atoms with E-state index in [0.717, 1.165) is 5.69 Å². The van der Waals surface area contributed by atoms with Crippen molar-refractivity contribution in [2.45, 2.75) is 33.1 Å². The molecule has 90 valence electrons. The van der Waals surface area contributed by atoms with E-state index >= 15 is 0 Å². The minimum atomic E-state index is 0.195. The number of aryl methyl sites for hydroxylation is 1. The summed E-state index contributed by atoms with van der Waals surface area (Å²) >= 11 is 1.55. The summed E-state index contributed by atoms with van der Waals surface area (Å²) in [4.78, 5) is 5.42. The summed E-state index contributed by atoms with van der Waals surface area (Å²) < 4.78 is 0. The van der Waals surface area contributed by atoms with Crippen molar-refractivity contribution in [2.24, 2.45) is 0 Å². The molecule has 0 unspecified atom stereocenters. The molecule has 2 rings (SSSR count). The van der Waals surface area contributed by atoms with E-state index in [1.807, 2.05) is 6.92 Å². The number of hydrogen-bond acceptors (Lipinski definition) is 3. The largest absolute Gasteiger partial charge is 0.375 e. The molecule has 0 saturated carbocycles. The van der Waals surface area contributed by atoms with Crippen LogP contribution in [0.1, 0.15) is 32.0 Å². The Kier molecular flexibility index (Phi) is 2.96. The van der Waals surface area contributed by atoms with Crippen LogP contribution in [0.4, 0.5) is 5.13 Å². The Balaban J connectivity index is 2.39. The maximum atomic E-state index is 5.72. The predicted molar refractivity (Wildman–Crippen MR) is 75.4 cm³/mol. The Labute approximate surface area is 107 Å². The first-order valence-corrected chi connectivity index (χ1v) is 6.53. The van der Waals surface area contributed by atoms with Crippen molar-refractivity contribution < 1.29 is 0 Å². The minimum absolute atomic E-state index is 0.195. The topological polar surface area (TPSA) is 38.9 Å². The highest BCUT2D eigenvalue weighted by atomic mass is 32.1. The Morgan fingerprint density at radius 3 is 2.12 bits per heavy atom. The zero-order valence-electron chi connectivity index (χ0n) is 10.7. The number of nitrogens with zero attached hydrogens (tertiary/aromatic N) is 1. The predicted octanol–water partition coefficient (Wildman–Crippen LogP) is 4.00. The van der Waals surface area contributed by atoms with Gasteiger partial charge in [0.2, 0.25) is 0 Å². The van der Waals surface area contributed by atoms with Gasteiger partial charge in [-0.05, 0) is 23.5 Å². The van der Waals surface area contributed by atoms with E-state index in [9.17, 15) is 0 Å². The van der Waals surface area contributed by atoms with Crippen molar-refractivity contribution in [2.75, 3.05) is 5.73 Å². The summed E-state index contributed by atoms with van der Waals surface area (Å²) in [6.07, 6.45) is 0. The third-order valence-electron chi connectivity index (χ3n) is 2.83. The lowest BCUT2D eigenvalue weighted by Gasteiger charge is -2.19. The first kappa shape index (κ1) is 12.1. The molecule has 17 heavy (non-hydrogen) atoms. The highest BCUT2D eigenvalue weighted by Gasteiger charge is 2.14. The molecule has 2 N–H and O–H groups in total. The average molecular weight is 246 g/mol. The van der Waals surface area contributed by atoms with E-state index in [4.69, 9.17) is 5.73 Å². The fourth-order valence-corrected chi connectivity index (χ4v) is 2.65. The fraction of sp³-hybridized carbons (Fsp3) is 0.357. The molecule has 1 heterocycles. The molecule has 3 heteroatoms. The van der Waals surface area contributed by atoms with Crippen LogP contribution in [0.25, 0.3) is 10.4 Å². The molecular formula is C14H18N2S. The molecule has 0 atom stereocenters. The van der Waals surface area contributed by atoms with E-state index in [2.05, 4.69) is 50.0 Å². The summed E-state index contributed by atoms with van der Waals surface area (Å²) in [7, 11) is 0.